The molecule has 0 fully saturated rings. The molecule has 0 saturated carbocycles. The van der Waals surface area contributed by atoms with Crippen LogP contribution in [0, 0.1) is 6.92 Å². The number of aromatic nitrogens is 1. The van der Waals surface area contributed by atoms with Crippen molar-refractivity contribution in [3.05, 3.63) is 58.4 Å². The van der Waals surface area contributed by atoms with Crippen molar-refractivity contribution in [3.8, 4) is 0 Å². The number of amides is 2. The Labute approximate surface area is 152 Å². The predicted octanol–water partition coefficient (Wildman–Crippen LogP) is 4.22. The zero-order valence-electron chi connectivity index (χ0n) is 14.4. The van der Waals surface area contributed by atoms with Gasteiger partial charge in [0.1, 0.15) is 5.69 Å². The van der Waals surface area contributed by atoms with Crippen LogP contribution in [-0.4, -0.2) is 23.3 Å². The van der Waals surface area contributed by atoms with E-state index in [-0.39, 0.29) is 17.5 Å². The lowest BCUT2D eigenvalue weighted by Gasteiger charge is -2.10. The quantitative estimate of drug-likeness (QED) is 0.727. The second-order valence-electron chi connectivity index (χ2n) is 5.81. The minimum absolute atomic E-state index is 0.229. The number of hydrogen-bond acceptors (Lipinski definition) is 3. The molecule has 0 bridgehead atoms. The highest BCUT2D eigenvalue weighted by atomic mass is 35.5. The first kappa shape index (κ1) is 18.9. The number of benzene rings is 1. The van der Waals surface area contributed by atoms with E-state index < -0.39 is 0 Å². The molecule has 0 atom stereocenters. The van der Waals surface area contributed by atoms with E-state index in [4.69, 9.17) is 11.6 Å². The summed E-state index contributed by atoms with van der Waals surface area (Å²) in [7, 11) is 0. The molecular formula is C19H22ClN3O2. The third-order valence-corrected chi connectivity index (χ3v) is 4.00. The van der Waals surface area contributed by atoms with Gasteiger partial charge in [0.15, 0.2) is 0 Å². The molecule has 0 aliphatic heterocycles. The molecule has 2 N–H and O–H groups in total. The molecule has 0 saturated heterocycles. The van der Waals surface area contributed by atoms with Crippen molar-refractivity contribution in [2.24, 2.45) is 0 Å². The fourth-order valence-corrected chi connectivity index (χ4v) is 2.46. The van der Waals surface area contributed by atoms with Gasteiger partial charge >= 0.3 is 0 Å². The number of unbranched alkanes of at least 4 members (excludes halogenated alkanes) is 2. The number of hydrogen-bond donors (Lipinski definition) is 2. The molecule has 1 heterocycles. The molecule has 1 aromatic carbocycles. The van der Waals surface area contributed by atoms with E-state index in [1.807, 2.05) is 13.0 Å². The maximum atomic E-state index is 12.4. The Balaban J connectivity index is 2.05. The van der Waals surface area contributed by atoms with Gasteiger partial charge in [-0.3, -0.25) is 14.6 Å². The van der Waals surface area contributed by atoms with Crippen molar-refractivity contribution in [1.29, 1.82) is 0 Å². The average Bonchev–Trinajstić information content (AvgIpc) is 2.61. The van der Waals surface area contributed by atoms with Crippen molar-refractivity contribution in [3.63, 3.8) is 0 Å². The van der Waals surface area contributed by atoms with Crippen molar-refractivity contribution in [2.75, 3.05) is 11.9 Å². The van der Waals surface area contributed by atoms with E-state index in [1.165, 1.54) is 12.3 Å². The number of carbonyl (C=O) groups excluding carboxylic acids is 2. The van der Waals surface area contributed by atoms with Gasteiger partial charge in [0.2, 0.25) is 0 Å². The second kappa shape index (κ2) is 9.18. The van der Waals surface area contributed by atoms with Gasteiger partial charge in [0.25, 0.3) is 11.8 Å². The van der Waals surface area contributed by atoms with Gasteiger partial charge in [0.05, 0.1) is 0 Å². The minimum atomic E-state index is -0.312. The number of nitrogens with zero attached hydrogens (tertiary/aromatic N) is 1. The van der Waals surface area contributed by atoms with Crippen LogP contribution in [0.2, 0.25) is 5.02 Å². The summed E-state index contributed by atoms with van der Waals surface area (Å²) < 4.78 is 0. The van der Waals surface area contributed by atoms with Gasteiger partial charge in [0, 0.05) is 29.0 Å². The van der Waals surface area contributed by atoms with Crippen LogP contribution in [0.3, 0.4) is 0 Å². The molecule has 25 heavy (non-hydrogen) atoms. The summed E-state index contributed by atoms with van der Waals surface area (Å²) in [6, 6.07) is 8.35. The van der Waals surface area contributed by atoms with Gasteiger partial charge in [-0.15, -0.1) is 0 Å². The molecule has 0 radical (unpaired) electrons. The summed E-state index contributed by atoms with van der Waals surface area (Å²) in [6.45, 7) is 4.59. The minimum Gasteiger partial charge on any atom is -0.351 e. The lowest BCUT2D eigenvalue weighted by molar-refractivity contribution is 0.0948. The fourth-order valence-electron chi connectivity index (χ4n) is 2.29. The first-order chi connectivity index (χ1) is 12.0. The molecule has 5 nitrogen and oxygen atoms in total. The monoisotopic (exact) mass is 359 g/mol. The Morgan fingerprint density at radius 3 is 2.68 bits per heavy atom. The molecular weight excluding hydrogens is 338 g/mol. The summed E-state index contributed by atoms with van der Waals surface area (Å²) >= 11 is 5.97. The molecule has 2 amide bonds. The van der Waals surface area contributed by atoms with Crippen LogP contribution in [0.25, 0.3) is 0 Å². The second-order valence-corrected chi connectivity index (χ2v) is 6.24. The standard InChI is InChI=1S/C19H22ClN3O2/c1-3-4-5-9-22-19(25)17-11-14(8-10-21-17)18(24)23-16-12-15(20)7-6-13(16)2/h6-8,10-12H,3-5,9H2,1-2H3,(H,22,25)(H,23,24). The van der Waals surface area contributed by atoms with E-state index in [9.17, 15) is 9.59 Å². The third kappa shape index (κ3) is 5.57. The number of rotatable bonds is 7. The highest BCUT2D eigenvalue weighted by molar-refractivity contribution is 6.31. The Bertz CT molecular complexity index is 762. The highest BCUT2D eigenvalue weighted by Crippen LogP contribution is 2.21. The third-order valence-electron chi connectivity index (χ3n) is 3.77. The van der Waals surface area contributed by atoms with Crippen LogP contribution >= 0.6 is 11.6 Å². The van der Waals surface area contributed by atoms with Crippen LogP contribution in [0.15, 0.2) is 36.5 Å². The predicted molar refractivity (Wildman–Crippen MR) is 100 cm³/mol. The largest absolute Gasteiger partial charge is 0.351 e. The average molecular weight is 360 g/mol. The van der Waals surface area contributed by atoms with Crippen molar-refractivity contribution in [1.82, 2.24) is 10.3 Å². The molecule has 0 aliphatic carbocycles. The van der Waals surface area contributed by atoms with E-state index in [1.54, 1.807) is 18.2 Å². The maximum absolute atomic E-state index is 12.4. The fraction of sp³-hybridized carbons (Fsp3) is 0.316. The number of aryl methyl sites for hydroxylation is 1. The Morgan fingerprint density at radius 2 is 1.92 bits per heavy atom. The Morgan fingerprint density at radius 1 is 1.12 bits per heavy atom. The zero-order chi connectivity index (χ0) is 18.2. The zero-order valence-corrected chi connectivity index (χ0v) is 15.2. The molecule has 1 aromatic heterocycles. The van der Waals surface area contributed by atoms with Crippen molar-refractivity contribution in [2.45, 2.75) is 33.1 Å². The van der Waals surface area contributed by atoms with Crippen LogP contribution in [0.5, 0.6) is 0 Å². The number of pyridine rings is 1. The van der Waals surface area contributed by atoms with Crippen LogP contribution in [0.4, 0.5) is 5.69 Å². The van der Waals surface area contributed by atoms with Crippen molar-refractivity contribution < 1.29 is 9.59 Å². The molecule has 132 valence electrons. The van der Waals surface area contributed by atoms with E-state index >= 15 is 0 Å². The molecule has 2 rings (SSSR count). The van der Waals surface area contributed by atoms with Crippen molar-refractivity contribution >= 4 is 29.1 Å². The molecule has 6 heteroatoms. The van der Waals surface area contributed by atoms with Crippen LogP contribution < -0.4 is 10.6 Å². The van der Waals surface area contributed by atoms with Gasteiger partial charge in [-0.2, -0.15) is 0 Å². The normalized spacial score (nSPS) is 10.4. The summed E-state index contributed by atoms with van der Waals surface area (Å²) in [5, 5.41) is 6.17. The topological polar surface area (TPSA) is 71.1 Å². The lowest BCUT2D eigenvalue weighted by Crippen LogP contribution is -2.26. The summed E-state index contributed by atoms with van der Waals surface area (Å²) in [6.07, 6.45) is 4.54. The number of carbonyl (C=O) groups is 2. The van der Waals surface area contributed by atoms with Gasteiger partial charge < -0.3 is 10.6 Å². The number of anilines is 1. The summed E-state index contributed by atoms with van der Waals surface area (Å²) in [5.41, 5.74) is 2.14. The maximum Gasteiger partial charge on any atom is 0.269 e. The van der Waals surface area contributed by atoms with Crippen LogP contribution in [-0.2, 0) is 0 Å². The van der Waals surface area contributed by atoms with Crippen LogP contribution in [0.1, 0.15) is 52.6 Å². The van der Waals surface area contributed by atoms with E-state index in [0.29, 0.717) is 22.8 Å². The summed E-state index contributed by atoms with van der Waals surface area (Å²) in [4.78, 5) is 28.6. The van der Waals surface area contributed by atoms with Gasteiger partial charge in [-0.1, -0.05) is 37.4 Å². The van der Waals surface area contributed by atoms with E-state index in [0.717, 1.165) is 24.8 Å². The number of nitrogens with one attached hydrogen (secondary N) is 2. The van der Waals surface area contributed by atoms with E-state index in [2.05, 4.69) is 22.5 Å². The van der Waals surface area contributed by atoms with Gasteiger partial charge in [-0.25, -0.2) is 0 Å². The first-order valence-corrected chi connectivity index (χ1v) is 8.71. The molecule has 0 unspecified atom stereocenters. The molecule has 0 aliphatic rings. The lowest BCUT2D eigenvalue weighted by atomic mass is 10.1. The smallest absolute Gasteiger partial charge is 0.269 e. The Hall–Kier alpha value is -2.40. The Kier molecular flexibility index (Phi) is 6.95. The molecule has 2 aromatic rings. The first-order valence-electron chi connectivity index (χ1n) is 8.33. The SMILES string of the molecule is CCCCCNC(=O)c1cc(C(=O)Nc2cc(Cl)ccc2C)ccn1. The highest BCUT2D eigenvalue weighted by Gasteiger charge is 2.12. The molecule has 0 spiro atoms. The summed E-state index contributed by atoms with van der Waals surface area (Å²) in [5.74, 6) is -0.586. The van der Waals surface area contributed by atoms with Gasteiger partial charge in [-0.05, 0) is 43.2 Å². The number of halogens is 1.